The van der Waals surface area contributed by atoms with Gasteiger partial charge in [0.25, 0.3) is 5.56 Å². The molecule has 4 rings (SSSR count). The van der Waals surface area contributed by atoms with Crippen LogP contribution in [-0.4, -0.2) is 40.1 Å². The highest BCUT2D eigenvalue weighted by atomic mass is 16.6. The Balaban J connectivity index is 1.49. The van der Waals surface area contributed by atoms with Crippen molar-refractivity contribution in [3.8, 4) is 11.5 Å². The Bertz CT molecular complexity index is 1010. The molecule has 3 aromatic rings. The van der Waals surface area contributed by atoms with Gasteiger partial charge in [-0.1, -0.05) is 25.1 Å². The molecule has 140 valence electrons. The number of benzene rings is 1. The van der Waals surface area contributed by atoms with E-state index in [1.54, 1.807) is 10.5 Å². The minimum absolute atomic E-state index is 0.0518. The topological polar surface area (TPSA) is 56.1 Å². The number of hydrogen-bond acceptors (Lipinski definition) is 5. The van der Waals surface area contributed by atoms with Crippen molar-refractivity contribution in [1.82, 2.24) is 14.3 Å². The third-order valence-electron chi connectivity index (χ3n) is 4.72. The van der Waals surface area contributed by atoms with Crippen LogP contribution in [0.3, 0.4) is 0 Å². The number of nitrogens with zero attached hydrogens (tertiary/aromatic N) is 3. The Kier molecular flexibility index (Phi) is 4.81. The van der Waals surface area contributed by atoms with Crippen LogP contribution in [-0.2, 0) is 6.54 Å². The van der Waals surface area contributed by atoms with Crippen LogP contribution in [0.4, 0.5) is 0 Å². The number of ether oxygens (including phenoxy) is 2. The van der Waals surface area contributed by atoms with Gasteiger partial charge in [-0.15, -0.1) is 0 Å². The predicted octanol–water partition coefficient (Wildman–Crippen LogP) is 2.66. The maximum absolute atomic E-state index is 12.4. The van der Waals surface area contributed by atoms with E-state index in [2.05, 4.69) is 16.8 Å². The molecular formula is C21H23N3O3. The number of pyridine rings is 1. The van der Waals surface area contributed by atoms with Gasteiger partial charge in [0.15, 0.2) is 11.5 Å². The second-order valence-corrected chi connectivity index (χ2v) is 6.85. The van der Waals surface area contributed by atoms with Crippen molar-refractivity contribution in [2.45, 2.75) is 26.5 Å². The van der Waals surface area contributed by atoms with E-state index >= 15 is 0 Å². The zero-order valence-electron chi connectivity index (χ0n) is 15.6. The van der Waals surface area contributed by atoms with E-state index in [4.69, 9.17) is 9.47 Å². The van der Waals surface area contributed by atoms with E-state index in [0.29, 0.717) is 25.3 Å². The molecule has 0 radical (unpaired) electrons. The molecule has 0 unspecified atom stereocenters. The van der Waals surface area contributed by atoms with E-state index in [9.17, 15) is 4.79 Å². The molecule has 1 atom stereocenters. The first kappa shape index (κ1) is 17.5. The number of rotatable bonds is 5. The van der Waals surface area contributed by atoms with Crippen molar-refractivity contribution in [1.29, 1.82) is 0 Å². The molecule has 0 bridgehead atoms. The molecule has 1 aliphatic heterocycles. The first-order valence-electron chi connectivity index (χ1n) is 9.22. The van der Waals surface area contributed by atoms with Gasteiger partial charge in [-0.05, 0) is 37.2 Å². The van der Waals surface area contributed by atoms with E-state index < -0.39 is 0 Å². The lowest BCUT2D eigenvalue weighted by Crippen LogP contribution is -2.41. The lowest BCUT2D eigenvalue weighted by atomic mass is 10.2. The van der Waals surface area contributed by atoms with Gasteiger partial charge in [0.05, 0.1) is 5.69 Å². The van der Waals surface area contributed by atoms with Crippen LogP contribution in [0.5, 0.6) is 11.5 Å². The average Bonchev–Trinajstić information content (AvgIpc) is 2.68. The monoisotopic (exact) mass is 365 g/mol. The maximum atomic E-state index is 12.4. The van der Waals surface area contributed by atoms with E-state index in [1.807, 2.05) is 49.5 Å². The fourth-order valence-corrected chi connectivity index (χ4v) is 3.31. The summed E-state index contributed by atoms with van der Waals surface area (Å²) in [7, 11) is 0. The Labute approximate surface area is 158 Å². The number of aryl methyl sites for hydroxylation is 1. The Morgan fingerprint density at radius 3 is 2.85 bits per heavy atom. The largest absolute Gasteiger partial charge is 0.486 e. The first-order valence-corrected chi connectivity index (χ1v) is 9.22. The van der Waals surface area contributed by atoms with Crippen molar-refractivity contribution < 1.29 is 9.47 Å². The molecule has 0 fully saturated rings. The van der Waals surface area contributed by atoms with Crippen LogP contribution in [0.1, 0.15) is 18.2 Å². The van der Waals surface area contributed by atoms with E-state index in [-0.39, 0.29) is 11.7 Å². The van der Waals surface area contributed by atoms with E-state index in [0.717, 1.165) is 29.3 Å². The summed E-state index contributed by atoms with van der Waals surface area (Å²) in [6, 6.07) is 13.2. The highest BCUT2D eigenvalue weighted by molar-refractivity contribution is 5.41. The van der Waals surface area contributed by atoms with Crippen LogP contribution in [0.2, 0.25) is 0 Å². The fraction of sp³-hybridized carbons (Fsp3) is 0.333. The minimum atomic E-state index is -0.0547. The second kappa shape index (κ2) is 7.40. The summed E-state index contributed by atoms with van der Waals surface area (Å²) in [5, 5.41) is 0. The molecule has 2 aromatic heterocycles. The normalized spacial score (nSPS) is 16.0. The van der Waals surface area contributed by atoms with Crippen molar-refractivity contribution in [2.24, 2.45) is 0 Å². The molecule has 1 aromatic carbocycles. The Hall–Kier alpha value is -2.86. The maximum Gasteiger partial charge on any atom is 0.258 e. The van der Waals surface area contributed by atoms with Crippen molar-refractivity contribution in [3.63, 3.8) is 0 Å². The minimum Gasteiger partial charge on any atom is -0.486 e. The molecule has 0 aliphatic carbocycles. The molecule has 0 amide bonds. The number of likely N-dealkylation sites (N-methyl/N-ethyl adjacent to an activating group) is 1. The Morgan fingerprint density at radius 2 is 2.04 bits per heavy atom. The van der Waals surface area contributed by atoms with Gasteiger partial charge in [-0.25, -0.2) is 4.98 Å². The summed E-state index contributed by atoms with van der Waals surface area (Å²) in [5.41, 5.74) is 2.41. The summed E-state index contributed by atoms with van der Waals surface area (Å²) in [4.78, 5) is 19.3. The van der Waals surface area contributed by atoms with Gasteiger partial charge < -0.3 is 9.47 Å². The highest BCUT2D eigenvalue weighted by Gasteiger charge is 2.23. The summed E-state index contributed by atoms with van der Waals surface area (Å²) >= 11 is 0. The van der Waals surface area contributed by atoms with Crippen LogP contribution in [0.25, 0.3) is 5.65 Å². The molecule has 0 saturated carbocycles. The molecule has 6 heteroatoms. The smallest absolute Gasteiger partial charge is 0.258 e. The third-order valence-corrected chi connectivity index (χ3v) is 4.72. The molecule has 27 heavy (non-hydrogen) atoms. The van der Waals surface area contributed by atoms with Crippen LogP contribution >= 0.6 is 0 Å². The summed E-state index contributed by atoms with van der Waals surface area (Å²) in [6.07, 6.45) is 1.76. The molecular weight excluding hydrogens is 342 g/mol. The summed E-state index contributed by atoms with van der Waals surface area (Å²) in [5.74, 6) is 1.57. The number of aromatic nitrogens is 2. The van der Waals surface area contributed by atoms with Gasteiger partial charge >= 0.3 is 0 Å². The van der Waals surface area contributed by atoms with Crippen molar-refractivity contribution in [2.75, 3.05) is 19.7 Å². The zero-order chi connectivity index (χ0) is 18.8. The van der Waals surface area contributed by atoms with Gasteiger partial charge in [-0.2, -0.15) is 0 Å². The van der Waals surface area contributed by atoms with Gasteiger partial charge in [0.1, 0.15) is 18.4 Å². The molecule has 3 heterocycles. The third kappa shape index (κ3) is 3.80. The number of fused-ring (bicyclic) bond motifs is 2. The standard InChI is InChI=1S/C21H23N3O3/c1-3-23(13-17-14-26-18-6-4-5-7-19(18)27-17)12-16-10-21(25)24-11-15(2)8-9-20(24)22-16/h4-11,17H,3,12-14H2,1-2H3/t17-/m1/s1. The van der Waals surface area contributed by atoms with E-state index in [1.165, 1.54) is 0 Å². The number of hydrogen-bond donors (Lipinski definition) is 0. The predicted molar refractivity (Wildman–Crippen MR) is 104 cm³/mol. The highest BCUT2D eigenvalue weighted by Crippen LogP contribution is 2.31. The SMILES string of the molecule is CCN(Cc1cc(=O)n2cc(C)ccc2n1)C[C@@H]1COc2ccccc2O1. The molecule has 0 spiro atoms. The first-order chi connectivity index (χ1) is 13.1. The Morgan fingerprint density at radius 1 is 1.22 bits per heavy atom. The van der Waals surface area contributed by atoms with Gasteiger partial charge in [-0.3, -0.25) is 14.1 Å². The van der Waals surface area contributed by atoms with Gasteiger partial charge in [0, 0.05) is 25.4 Å². The molecule has 1 aliphatic rings. The molecule has 6 nitrogen and oxygen atoms in total. The fourth-order valence-electron chi connectivity index (χ4n) is 3.31. The summed E-state index contributed by atoms with van der Waals surface area (Å²) < 4.78 is 13.4. The second-order valence-electron chi connectivity index (χ2n) is 6.85. The quantitative estimate of drug-likeness (QED) is 0.696. The van der Waals surface area contributed by atoms with Crippen LogP contribution in [0, 0.1) is 6.92 Å². The van der Waals surface area contributed by atoms with Crippen molar-refractivity contribution >= 4 is 5.65 Å². The average molecular weight is 365 g/mol. The molecule has 0 saturated heterocycles. The van der Waals surface area contributed by atoms with Crippen LogP contribution in [0.15, 0.2) is 53.5 Å². The lowest BCUT2D eigenvalue weighted by molar-refractivity contribution is 0.0577. The lowest BCUT2D eigenvalue weighted by Gasteiger charge is -2.30. The molecule has 0 N–H and O–H groups in total. The number of para-hydroxylation sites is 2. The van der Waals surface area contributed by atoms with Crippen molar-refractivity contribution in [3.05, 3.63) is 70.3 Å². The van der Waals surface area contributed by atoms with Gasteiger partial charge in [0.2, 0.25) is 0 Å². The summed E-state index contributed by atoms with van der Waals surface area (Å²) in [6.45, 7) is 6.70. The zero-order valence-corrected chi connectivity index (χ0v) is 15.6. The van der Waals surface area contributed by atoms with Crippen LogP contribution < -0.4 is 15.0 Å².